The number of aromatic nitrogens is 1. The first kappa shape index (κ1) is 9.09. The van der Waals surface area contributed by atoms with Gasteiger partial charge in [0.1, 0.15) is 5.56 Å². The second kappa shape index (κ2) is 3.16. The summed E-state index contributed by atoms with van der Waals surface area (Å²) in [5.74, 6) is -0.763. The average Bonchev–Trinajstić information content (AvgIpc) is 1.96. The van der Waals surface area contributed by atoms with Gasteiger partial charge >= 0.3 is 0 Å². The first-order valence-electron chi connectivity index (χ1n) is 2.90. The van der Waals surface area contributed by atoms with E-state index < -0.39 is 5.91 Å². The number of primary amides is 1. The molecule has 0 aliphatic rings. The van der Waals surface area contributed by atoms with Gasteiger partial charge in [-0.2, -0.15) is 4.73 Å². The fraction of sp³-hybridized carbons (Fsp3) is 0. The second-order valence-corrected chi connectivity index (χ2v) is 2.84. The molecule has 1 rings (SSSR count). The van der Waals surface area contributed by atoms with Crippen LogP contribution < -0.4 is 10.5 Å². The molecule has 0 saturated heterocycles. The highest BCUT2D eigenvalue weighted by Crippen LogP contribution is 2.16. The van der Waals surface area contributed by atoms with Gasteiger partial charge in [0.2, 0.25) is 0 Å². The Kier molecular flexibility index (Phi) is 2.40. The summed E-state index contributed by atoms with van der Waals surface area (Å²) in [6.45, 7) is 0. The van der Waals surface area contributed by atoms with E-state index >= 15 is 0 Å². The molecule has 0 aliphatic heterocycles. The van der Waals surface area contributed by atoms with Gasteiger partial charge in [-0.1, -0.05) is 11.6 Å². The van der Waals surface area contributed by atoms with Crippen LogP contribution in [-0.4, -0.2) is 5.91 Å². The normalized spacial score (nSPS) is 9.83. The number of nitrogens with two attached hydrogens (primary N) is 1. The molecule has 0 aliphatic carbocycles. The van der Waals surface area contributed by atoms with Crippen molar-refractivity contribution in [2.45, 2.75) is 0 Å². The molecule has 1 aromatic heterocycles. The van der Waals surface area contributed by atoms with Crippen LogP contribution in [0.3, 0.4) is 0 Å². The van der Waals surface area contributed by atoms with E-state index in [1.165, 1.54) is 0 Å². The molecule has 1 amide bonds. The van der Waals surface area contributed by atoms with E-state index in [4.69, 9.17) is 28.9 Å². The van der Waals surface area contributed by atoms with Crippen LogP contribution in [-0.2, 0) is 0 Å². The van der Waals surface area contributed by atoms with Crippen LogP contribution >= 0.6 is 23.2 Å². The summed E-state index contributed by atoms with van der Waals surface area (Å²) in [6.07, 6.45) is 0.938. The quantitative estimate of drug-likeness (QED) is 0.418. The molecule has 1 aromatic rings. The Morgan fingerprint density at radius 2 is 2.17 bits per heavy atom. The molecule has 0 saturated carbocycles. The number of hydrogen-bond acceptors (Lipinski definition) is 2. The summed E-state index contributed by atoms with van der Waals surface area (Å²) in [7, 11) is 0. The standard InChI is InChI=1S/C6H4Cl2N2O2/c7-4-1-5(8)10(12)2-3(4)6(9)11/h1-2H,(H2,9,11). The molecule has 0 fully saturated rings. The SMILES string of the molecule is NC(=O)c1c[n+]([O-])c(Cl)cc1Cl. The Labute approximate surface area is 78.1 Å². The van der Waals surface area contributed by atoms with Crippen LogP contribution in [0.25, 0.3) is 0 Å². The summed E-state index contributed by atoms with van der Waals surface area (Å²) in [5.41, 5.74) is 4.87. The van der Waals surface area contributed by atoms with Crippen molar-refractivity contribution in [2.24, 2.45) is 5.73 Å². The second-order valence-electron chi connectivity index (χ2n) is 2.05. The molecule has 0 spiro atoms. The van der Waals surface area contributed by atoms with E-state index in [1.807, 2.05) is 0 Å². The maximum absolute atomic E-state index is 10.8. The van der Waals surface area contributed by atoms with Gasteiger partial charge in [-0.15, -0.1) is 0 Å². The Morgan fingerprint density at radius 1 is 1.58 bits per heavy atom. The van der Waals surface area contributed by atoms with Crippen LogP contribution in [0.1, 0.15) is 10.4 Å². The van der Waals surface area contributed by atoms with Gasteiger partial charge in [-0.05, 0) is 11.6 Å². The van der Waals surface area contributed by atoms with E-state index in [0.29, 0.717) is 4.73 Å². The highest BCUT2D eigenvalue weighted by atomic mass is 35.5. The van der Waals surface area contributed by atoms with Crippen molar-refractivity contribution >= 4 is 29.1 Å². The number of amides is 1. The Bertz CT molecular complexity index is 341. The fourth-order valence-electron chi connectivity index (χ4n) is 0.668. The van der Waals surface area contributed by atoms with Gasteiger partial charge in [0.25, 0.3) is 11.1 Å². The van der Waals surface area contributed by atoms with Crippen LogP contribution in [0.5, 0.6) is 0 Å². The van der Waals surface area contributed by atoms with Gasteiger partial charge < -0.3 is 10.9 Å². The van der Waals surface area contributed by atoms with Crippen LogP contribution in [0, 0.1) is 5.21 Å². The molecular formula is C6H4Cl2N2O2. The van der Waals surface area contributed by atoms with Crippen molar-refractivity contribution in [1.29, 1.82) is 0 Å². The number of pyridine rings is 1. The van der Waals surface area contributed by atoms with Gasteiger partial charge in [-0.3, -0.25) is 4.79 Å². The average molecular weight is 207 g/mol. The van der Waals surface area contributed by atoms with Crippen molar-refractivity contribution in [1.82, 2.24) is 0 Å². The van der Waals surface area contributed by atoms with Gasteiger partial charge in [0.05, 0.1) is 5.02 Å². The Morgan fingerprint density at radius 3 is 2.67 bits per heavy atom. The fourth-order valence-corrected chi connectivity index (χ4v) is 1.13. The number of carbonyl (C=O) groups is 1. The molecule has 0 radical (unpaired) electrons. The van der Waals surface area contributed by atoms with E-state index in [2.05, 4.69) is 0 Å². The minimum absolute atomic E-state index is 0.0453. The lowest BCUT2D eigenvalue weighted by molar-refractivity contribution is -0.603. The van der Waals surface area contributed by atoms with E-state index in [-0.39, 0.29) is 15.7 Å². The van der Waals surface area contributed by atoms with Gasteiger partial charge in [0, 0.05) is 6.07 Å². The zero-order valence-electron chi connectivity index (χ0n) is 5.75. The highest BCUT2D eigenvalue weighted by Gasteiger charge is 2.13. The van der Waals surface area contributed by atoms with E-state index in [0.717, 1.165) is 12.3 Å². The predicted octanol–water partition coefficient (Wildman–Crippen LogP) is 0.726. The Hall–Kier alpha value is -1.000. The molecule has 1 heterocycles. The van der Waals surface area contributed by atoms with Gasteiger partial charge in [-0.25, -0.2) is 0 Å². The number of nitrogens with zero attached hydrogens (tertiary/aromatic N) is 1. The monoisotopic (exact) mass is 206 g/mol. The molecule has 12 heavy (non-hydrogen) atoms. The predicted molar refractivity (Wildman–Crippen MR) is 43.9 cm³/mol. The topological polar surface area (TPSA) is 70.0 Å². The van der Waals surface area contributed by atoms with Crippen molar-refractivity contribution < 1.29 is 9.52 Å². The van der Waals surface area contributed by atoms with Crippen molar-refractivity contribution in [3.05, 3.63) is 33.2 Å². The summed E-state index contributed by atoms with van der Waals surface area (Å²) < 4.78 is 0.313. The van der Waals surface area contributed by atoms with E-state index in [1.54, 1.807) is 0 Å². The molecule has 0 unspecified atom stereocenters. The van der Waals surface area contributed by atoms with Crippen LogP contribution in [0.15, 0.2) is 12.3 Å². The first-order chi connectivity index (χ1) is 5.52. The minimum atomic E-state index is -0.763. The first-order valence-corrected chi connectivity index (χ1v) is 3.66. The molecule has 0 aromatic carbocycles. The summed E-state index contributed by atoms with van der Waals surface area (Å²) in [5, 5.41) is 10.8. The van der Waals surface area contributed by atoms with Crippen molar-refractivity contribution in [2.75, 3.05) is 0 Å². The third kappa shape index (κ3) is 1.60. The lowest BCUT2D eigenvalue weighted by Gasteiger charge is -2.01. The van der Waals surface area contributed by atoms with Gasteiger partial charge in [0.15, 0.2) is 6.20 Å². The smallest absolute Gasteiger partial charge is 0.287 e. The number of rotatable bonds is 1. The summed E-state index contributed by atoms with van der Waals surface area (Å²) in [4.78, 5) is 10.6. The zero-order chi connectivity index (χ0) is 9.30. The van der Waals surface area contributed by atoms with E-state index in [9.17, 15) is 10.0 Å². The number of hydrogen-bond donors (Lipinski definition) is 1. The Balaban J connectivity index is 3.33. The summed E-state index contributed by atoms with van der Waals surface area (Å²) in [6, 6.07) is 1.16. The molecule has 0 atom stereocenters. The molecular weight excluding hydrogens is 203 g/mol. The molecule has 6 heteroatoms. The zero-order valence-corrected chi connectivity index (χ0v) is 7.26. The third-order valence-corrected chi connectivity index (χ3v) is 1.81. The number of carbonyl (C=O) groups excluding carboxylic acids is 1. The van der Waals surface area contributed by atoms with Crippen molar-refractivity contribution in [3.63, 3.8) is 0 Å². The molecule has 4 nitrogen and oxygen atoms in total. The maximum Gasteiger partial charge on any atom is 0.287 e. The highest BCUT2D eigenvalue weighted by molar-refractivity contribution is 6.35. The lowest BCUT2D eigenvalue weighted by Crippen LogP contribution is -2.29. The number of halogens is 2. The summed E-state index contributed by atoms with van der Waals surface area (Å²) >= 11 is 11.0. The maximum atomic E-state index is 10.8. The molecule has 2 N–H and O–H groups in total. The minimum Gasteiger partial charge on any atom is -0.618 e. The van der Waals surface area contributed by atoms with Crippen LogP contribution in [0.4, 0.5) is 0 Å². The molecule has 0 bridgehead atoms. The third-order valence-electron chi connectivity index (χ3n) is 1.23. The molecule has 64 valence electrons. The van der Waals surface area contributed by atoms with Crippen LogP contribution in [0.2, 0.25) is 10.2 Å². The lowest BCUT2D eigenvalue weighted by atomic mass is 10.3. The van der Waals surface area contributed by atoms with Crippen molar-refractivity contribution in [3.8, 4) is 0 Å². The largest absolute Gasteiger partial charge is 0.618 e.